The number of carbonyl (C=O) groups is 1. The molecule has 106 valence electrons. The van der Waals surface area contributed by atoms with Crippen molar-refractivity contribution in [3.8, 4) is 0 Å². The molecule has 4 heteroatoms. The van der Waals surface area contributed by atoms with Crippen LogP contribution >= 0.6 is 0 Å². The lowest BCUT2D eigenvalue weighted by atomic mass is 10.2. The van der Waals surface area contributed by atoms with E-state index in [1.54, 1.807) is 0 Å². The number of rotatable bonds is 8. The summed E-state index contributed by atoms with van der Waals surface area (Å²) in [6, 6.07) is 0. The van der Waals surface area contributed by atoms with Crippen molar-refractivity contribution in [1.29, 1.82) is 0 Å². The molecule has 1 amide bonds. The van der Waals surface area contributed by atoms with E-state index in [0.29, 0.717) is 13.1 Å². The lowest BCUT2D eigenvalue weighted by molar-refractivity contribution is -0.132. The summed E-state index contributed by atoms with van der Waals surface area (Å²) in [5.41, 5.74) is 0. The van der Waals surface area contributed by atoms with Crippen LogP contribution < -0.4 is 0 Å². The summed E-state index contributed by atoms with van der Waals surface area (Å²) in [7, 11) is 0. The fourth-order valence-corrected chi connectivity index (χ4v) is 2.31. The number of unbranched alkanes of at least 4 members (excludes halogenated alkanes) is 2. The topological polar surface area (TPSA) is 43.8 Å². The number of likely N-dealkylation sites (tertiary alicyclic amines) is 1. The third kappa shape index (κ3) is 5.36. The van der Waals surface area contributed by atoms with Crippen molar-refractivity contribution in [2.24, 2.45) is 0 Å². The molecule has 0 aromatic heterocycles. The van der Waals surface area contributed by atoms with Crippen LogP contribution in [0.3, 0.4) is 0 Å². The van der Waals surface area contributed by atoms with Gasteiger partial charge in [-0.25, -0.2) is 0 Å². The lowest BCUT2D eigenvalue weighted by Gasteiger charge is -2.25. The molecule has 0 radical (unpaired) electrons. The van der Waals surface area contributed by atoms with Gasteiger partial charge in [-0.1, -0.05) is 26.7 Å². The minimum atomic E-state index is -0.238. The molecule has 1 atom stereocenters. The predicted octanol–water partition coefficient (Wildman–Crippen LogP) is 1.48. The van der Waals surface area contributed by atoms with Crippen LogP contribution in [0.2, 0.25) is 0 Å². The molecule has 18 heavy (non-hydrogen) atoms. The fourth-order valence-electron chi connectivity index (χ4n) is 2.31. The monoisotopic (exact) mass is 256 g/mol. The molecule has 1 heterocycles. The van der Waals surface area contributed by atoms with Crippen molar-refractivity contribution in [2.75, 3.05) is 32.7 Å². The van der Waals surface area contributed by atoms with Gasteiger partial charge in [-0.3, -0.25) is 9.69 Å². The molecule has 1 saturated heterocycles. The molecule has 1 N–H and O–H groups in total. The first-order valence-electron chi connectivity index (χ1n) is 7.35. The number of hydrogen-bond acceptors (Lipinski definition) is 3. The van der Waals surface area contributed by atoms with Gasteiger partial charge in [-0.05, 0) is 19.3 Å². The average Bonchev–Trinajstić information content (AvgIpc) is 2.75. The Labute approximate surface area is 111 Å². The second-order valence-corrected chi connectivity index (χ2v) is 5.27. The highest BCUT2D eigenvalue weighted by Gasteiger charge is 2.23. The van der Waals surface area contributed by atoms with Gasteiger partial charge >= 0.3 is 0 Å². The van der Waals surface area contributed by atoms with Gasteiger partial charge in [0.2, 0.25) is 5.91 Å². The third-order valence-corrected chi connectivity index (χ3v) is 3.52. The SMILES string of the molecule is CCCCN(CCCC)C(=O)CN1CCC(O)C1. The normalized spacial score (nSPS) is 20.3. The molecule has 1 fully saturated rings. The zero-order valence-corrected chi connectivity index (χ0v) is 11.9. The molecular formula is C14H28N2O2. The van der Waals surface area contributed by atoms with E-state index in [1.165, 1.54) is 0 Å². The van der Waals surface area contributed by atoms with E-state index in [1.807, 2.05) is 4.90 Å². The molecule has 0 aliphatic carbocycles. The number of hydrogen-bond donors (Lipinski definition) is 1. The minimum absolute atomic E-state index is 0.228. The van der Waals surface area contributed by atoms with Gasteiger partial charge in [0.15, 0.2) is 0 Å². The molecule has 0 saturated carbocycles. The standard InChI is InChI=1S/C14H28N2O2/c1-3-5-8-16(9-6-4-2)14(18)12-15-10-7-13(17)11-15/h13,17H,3-12H2,1-2H3. The van der Waals surface area contributed by atoms with Gasteiger partial charge in [-0.2, -0.15) is 0 Å². The molecule has 4 nitrogen and oxygen atoms in total. The Kier molecular flexibility index (Phi) is 7.28. The van der Waals surface area contributed by atoms with E-state index in [9.17, 15) is 9.90 Å². The quantitative estimate of drug-likeness (QED) is 0.715. The smallest absolute Gasteiger partial charge is 0.236 e. The Morgan fingerprint density at radius 1 is 1.28 bits per heavy atom. The fraction of sp³-hybridized carbons (Fsp3) is 0.929. The predicted molar refractivity (Wildman–Crippen MR) is 73.5 cm³/mol. The van der Waals surface area contributed by atoms with Crippen LogP contribution in [0.1, 0.15) is 46.0 Å². The van der Waals surface area contributed by atoms with Crippen LogP contribution in [0.5, 0.6) is 0 Å². The van der Waals surface area contributed by atoms with Crippen molar-refractivity contribution < 1.29 is 9.90 Å². The maximum atomic E-state index is 12.2. The number of aliphatic hydroxyl groups excluding tert-OH is 1. The highest BCUT2D eigenvalue weighted by Crippen LogP contribution is 2.09. The summed E-state index contributed by atoms with van der Waals surface area (Å²) in [4.78, 5) is 16.3. The first kappa shape index (κ1) is 15.4. The summed E-state index contributed by atoms with van der Waals surface area (Å²) >= 11 is 0. The third-order valence-electron chi connectivity index (χ3n) is 3.52. The summed E-state index contributed by atoms with van der Waals surface area (Å²) in [6.45, 7) is 8.05. The van der Waals surface area contributed by atoms with E-state index in [2.05, 4.69) is 18.7 Å². The maximum Gasteiger partial charge on any atom is 0.236 e. The minimum Gasteiger partial charge on any atom is -0.392 e. The van der Waals surface area contributed by atoms with Crippen molar-refractivity contribution >= 4 is 5.91 Å². The van der Waals surface area contributed by atoms with E-state index in [4.69, 9.17) is 0 Å². The summed E-state index contributed by atoms with van der Waals surface area (Å²) < 4.78 is 0. The van der Waals surface area contributed by atoms with Crippen LogP contribution in [0.25, 0.3) is 0 Å². The van der Waals surface area contributed by atoms with E-state index in [-0.39, 0.29) is 12.0 Å². The van der Waals surface area contributed by atoms with Gasteiger partial charge in [0.05, 0.1) is 12.6 Å². The lowest BCUT2D eigenvalue weighted by Crippen LogP contribution is -2.40. The molecule has 0 bridgehead atoms. The summed E-state index contributed by atoms with van der Waals surface area (Å²) in [5.74, 6) is 0.228. The second-order valence-electron chi connectivity index (χ2n) is 5.27. The van der Waals surface area contributed by atoms with Crippen molar-refractivity contribution in [2.45, 2.75) is 52.1 Å². The first-order chi connectivity index (χ1) is 8.67. The largest absolute Gasteiger partial charge is 0.392 e. The van der Waals surface area contributed by atoms with Crippen LogP contribution in [-0.2, 0) is 4.79 Å². The Hall–Kier alpha value is -0.610. The highest BCUT2D eigenvalue weighted by atomic mass is 16.3. The number of aliphatic hydroxyl groups is 1. The zero-order chi connectivity index (χ0) is 13.4. The van der Waals surface area contributed by atoms with Gasteiger partial charge in [0.25, 0.3) is 0 Å². The number of amides is 1. The molecule has 0 aromatic carbocycles. The first-order valence-corrected chi connectivity index (χ1v) is 7.35. The van der Waals surface area contributed by atoms with Crippen LogP contribution in [0, 0.1) is 0 Å². The van der Waals surface area contributed by atoms with Crippen LogP contribution in [0.4, 0.5) is 0 Å². The molecule has 0 spiro atoms. The molecule has 1 rings (SSSR count). The van der Waals surface area contributed by atoms with Crippen LogP contribution in [0.15, 0.2) is 0 Å². The molecule has 0 aromatic rings. The summed E-state index contributed by atoms with van der Waals surface area (Å²) in [6.07, 6.45) is 4.97. The molecule has 1 aliphatic heterocycles. The Balaban J connectivity index is 2.37. The molecular weight excluding hydrogens is 228 g/mol. The second kappa shape index (κ2) is 8.48. The number of carbonyl (C=O) groups excluding carboxylic acids is 1. The van der Waals surface area contributed by atoms with E-state index < -0.39 is 0 Å². The zero-order valence-electron chi connectivity index (χ0n) is 11.9. The highest BCUT2D eigenvalue weighted by molar-refractivity contribution is 5.78. The number of nitrogens with zero attached hydrogens (tertiary/aromatic N) is 2. The summed E-state index contributed by atoms with van der Waals surface area (Å²) in [5, 5.41) is 9.47. The Bertz CT molecular complexity index is 238. The van der Waals surface area contributed by atoms with Crippen molar-refractivity contribution in [3.63, 3.8) is 0 Å². The van der Waals surface area contributed by atoms with Crippen LogP contribution in [-0.4, -0.2) is 59.6 Å². The number of β-amino-alcohol motifs (C(OH)–C–C–N with tert-alkyl or cyclic N) is 1. The van der Waals surface area contributed by atoms with Gasteiger partial charge in [0.1, 0.15) is 0 Å². The van der Waals surface area contributed by atoms with Crippen molar-refractivity contribution in [1.82, 2.24) is 9.80 Å². The maximum absolute atomic E-state index is 12.2. The Morgan fingerprint density at radius 2 is 1.89 bits per heavy atom. The van der Waals surface area contributed by atoms with Gasteiger partial charge < -0.3 is 10.0 Å². The van der Waals surface area contributed by atoms with Gasteiger partial charge in [0, 0.05) is 26.2 Å². The molecule has 1 unspecified atom stereocenters. The van der Waals surface area contributed by atoms with E-state index >= 15 is 0 Å². The molecule has 1 aliphatic rings. The van der Waals surface area contributed by atoms with Gasteiger partial charge in [-0.15, -0.1) is 0 Å². The van der Waals surface area contributed by atoms with E-state index in [0.717, 1.165) is 51.7 Å². The van der Waals surface area contributed by atoms with Crippen molar-refractivity contribution in [3.05, 3.63) is 0 Å². The average molecular weight is 256 g/mol. The Morgan fingerprint density at radius 3 is 2.33 bits per heavy atom.